The van der Waals surface area contributed by atoms with E-state index >= 15 is 0 Å². The van der Waals surface area contributed by atoms with Gasteiger partial charge in [-0.1, -0.05) is 12.0 Å². The molecule has 0 amide bonds. The molecular formula is C6H9N3O2. The van der Waals surface area contributed by atoms with Gasteiger partial charge in [-0.15, -0.1) is 0 Å². The van der Waals surface area contributed by atoms with Gasteiger partial charge in [-0.25, -0.2) is 0 Å². The van der Waals surface area contributed by atoms with Crippen molar-refractivity contribution in [2.24, 2.45) is 11.0 Å². The Morgan fingerprint density at radius 3 is 3.09 bits per heavy atom. The summed E-state index contributed by atoms with van der Waals surface area (Å²) in [6.07, 6.45) is 0.464. The highest BCUT2D eigenvalue weighted by Gasteiger charge is 2.29. The van der Waals surface area contributed by atoms with Gasteiger partial charge in [0.05, 0.1) is 12.5 Å². The zero-order chi connectivity index (χ0) is 8.27. The van der Waals surface area contributed by atoms with Crippen LogP contribution in [0.1, 0.15) is 13.3 Å². The molecule has 0 spiro atoms. The molecule has 1 rings (SSSR count). The third-order valence-corrected chi connectivity index (χ3v) is 1.65. The van der Waals surface area contributed by atoms with Gasteiger partial charge in [0, 0.05) is 4.91 Å². The molecule has 0 saturated carbocycles. The maximum Gasteiger partial charge on any atom is 0.309 e. The SMILES string of the molecule is C[C@@H]1C[C@H](CN=[N+]=[N-])OC1=O. The summed E-state index contributed by atoms with van der Waals surface area (Å²) < 4.78 is 4.87. The van der Waals surface area contributed by atoms with Crippen LogP contribution in [0.4, 0.5) is 0 Å². The Kier molecular flexibility index (Phi) is 2.33. The summed E-state index contributed by atoms with van der Waals surface area (Å²) in [7, 11) is 0. The molecule has 1 aliphatic heterocycles. The Hall–Kier alpha value is -1.22. The minimum absolute atomic E-state index is 0.0473. The Bertz CT molecular complexity index is 208. The Balaban J connectivity index is 2.40. The molecule has 1 heterocycles. The standard InChI is InChI=1S/C6H9N3O2/c1-4-2-5(3-8-9-7)11-6(4)10/h4-5H,2-3H2,1H3/t4-,5-/m1/s1. The van der Waals surface area contributed by atoms with Crippen molar-refractivity contribution in [1.82, 2.24) is 0 Å². The molecule has 5 nitrogen and oxygen atoms in total. The van der Waals surface area contributed by atoms with E-state index in [0.717, 1.165) is 0 Å². The number of cyclic esters (lactones) is 1. The molecule has 0 aromatic rings. The average molecular weight is 155 g/mol. The van der Waals surface area contributed by atoms with Crippen LogP contribution in [-0.4, -0.2) is 18.6 Å². The molecule has 1 saturated heterocycles. The van der Waals surface area contributed by atoms with Crippen molar-refractivity contribution in [3.63, 3.8) is 0 Å². The molecule has 1 fully saturated rings. The molecule has 0 aliphatic carbocycles. The lowest BCUT2D eigenvalue weighted by molar-refractivity contribution is -0.143. The van der Waals surface area contributed by atoms with Crippen LogP contribution in [-0.2, 0) is 9.53 Å². The van der Waals surface area contributed by atoms with Gasteiger partial charge < -0.3 is 4.74 Å². The monoisotopic (exact) mass is 155 g/mol. The van der Waals surface area contributed by atoms with Crippen LogP contribution in [0.5, 0.6) is 0 Å². The summed E-state index contributed by atoms with van der Waals surface area (Å²) in [6.45, 7) is 2.06. The summed E-state index contributed by atoms with van der Waals surface area (Å²) in [4.78, 5) is 13.4. The highest BCUT2D eigenvalue weighted by molar-refractivity contribution is 5.74. The molecule has 0 radical (unpaired) electrons. The predicted octanol–water partition coefficient (Wildman–Crippen LogP) is 1.25. The normalized spacial score (nSPS) is 29.4. The zero-order valence-corrected chi connectivity index (χ0v) is 6.23. The minimum Gasteiger partial charge on any atom is -0.462 e. The van der Waals surface area contributed by atoms with Crippen molar-refractivity contribution in [2.75, 3.05) is 6.54 Å². The Morgan fingerprint density at radius 1 is 1.91 bits per heavy atom. The second kappa shape index (κ2) is 3.25. The predicted molar refractivity (Wildman–Crippen MR) is 37.7 cm³/mol. The van der Waals surface area contributed by atoms with E-state index in [2.05, 4.69) is 10.0 Å². The number of rotatable bonds is 2. The van der Waals surface area contributed by atoms with Crippen LogP contribution in [0.15, 0.2) is 5.11 Å². The molecule has 0 aromatic carbocycles. The highest BCUT2D eigenvalue weighted by atomic mass is 16.6. The van der Waals surface area contributed by atoms with E-state index in [1.54, 1.807) is 6.92 Å². The quantitative estimate of drug-likeness (QED) is 0.260. The number of ether oxygens (including phenoxy) is 1. The molecule has 0 N–H and O–H groups in total. The summed E-state index contributed by atoms with van der Waals surface area (Å²) in [5.74, 6) is -0.239. The van der Waals surface area contributed by atoms with E-state index in [4.69, 9.17) is 10.3 Å². The topological polar surface area (TPSA) is 75.1 Å². The molecular weight excluding hydrogens is 146 g/mol. The lowest BCUT2D eigenvalue weighted by Crippen LogP contribution is -2.09. The van der Waals surface area contributed by atoms with E-state index in [1.165, 1.54) is 0 Å². The van der Waals surface area contributed by atoms with Crippen molar-refractivity contribution in [1.29, 1.82) is 0 Å². The molecule has 0 aromatic heterocycles. The first-order valence-corrected chi connectivity index (χ1v) is 3.45. The fraction of sp³-hybridized carbons (Fsp3) is 0.833. The number of esters is 1. The van der Waals surface area contributed by atoms with Gasteiger partial charge in [0.2, 0.25) is 0 Å². The number of nitrogens with zero attached hydrogens (tertiary/aromatic N) is 3. The average Bonchev–Trinajstić information content (AvgIpc) is 2.28. The summed E-state index contributed by atoms with van der Waals surface area (Å²) in [5, 5.41) is 3.33. The number of azide groups is 1. The smallest absolute Gasteiger partial charge is 0.309 e. The Labute approximate surface area is 64.0 Å². The van der Waals surface area contributed by atoms with Gasteiger partial charge in [-0.2, -0.15) is 0 Å². The van der Waals surface area contributed by atoms with E-state index in [9.17, 15) is 4.79 Å². The van der Waals surface area contributed by atoms with Crippen molar-refractivity contribution < 1.29 is 9.53 Å². The van der Waals surface area contributed by atoms with E-state index in [-0.39, 0.29) is 24.5 Å². The minimum atomic E-state index is -0.201. The van der Waals surface area contributed by atoms with Gasteiger partial charge in [-0.3, -0.25) is 4.79 Å². The van der Waals surface area contributed by atoms with E-state index in [1.807, 2.05) is 0 Å². The lowest BCUT2D eigenvalue weighted by atomic mass is 10.1. The van der Waals surface area contributed by atoms with Gasteiger partial charge in [0.15, 0.2) is 0 Å². The molecule has 11 heavy (non-hydrogen) atoms. The van der Waals surface area contributed by atoms with Gasteiger partial charge >= 0.3 is 5.97 Å². The first kappa shape index (κ1) is 7.88. The van der Waals surface area contributed by atoms with Crippen molar-refractivity contribution in [3.05, 3.63) is 10.4 Å². The number of carbonyl (C=O) groups excluding carboxylic acids is 1. The van der Waals surface area contributed by atoms with Crippen LogP contribution < -0.4 is 0 Å². The molecule has 2 atom stereocenters. The van der Waals surface area contributed by atoms with Crippen molar-refractivity contribution in [2.45, 2.75) is 19.4 Å². The number of carbonyl (C=O) groups is 1. The maximum absolute atomic E-state index is 10.8. The summed E-state index contributed by atoms with van der Waals surface area (Å²) in [6, 6.07) is 0. The number of hydrogen-bond donors (Lipinski definition) is 0. The van der Waals surface area contributed by atoms with Gasteiger partial charge in [-0.05, 0) is 12.0 Å². The Morgan fingerprint density at radius 2 is 2.64 bits per heavy atom. The van der Waals surface area contributed by atoms with E-state index < -0.39 is 0 Å². The largest absolute Gasteiger partial charge is 0.462 e. The van der Waals surface area contributed by atoms with Crippen molar-refractivity contribution in [3.8, 4) is 0 Å². The van der Waals surface area contributed by atoms with E-state index in [0.29, 0.717) is 6.42 Å². The van der Waals surface area contributed by atoms with Gasteiger partial charge in [0.25, 0.3) is 0 Å². The third kappa shape index (κ3) is 1.85. The van der Waals surface area contributed by atoms with Crippen LogP contribution in [0.2, 0.25) is 0 Å². The zero-order valence-electron chi connectivity index (χ0n) is 6.23. The fourth-order valence-corrected chi connectivity index (χ4v) is 1.06. The van der Waals surface area contributed by atoms with Crippen LogP contribution in [0, 0.1) is 5.92 Å². The third-order valence-electron chi connectivity index (χ3n) is 1.65. The van der Waals surface area contributed by atoms with Crippen LogP contribution in [0.25, 0.3) is 10.4 Å². The first-order valence-electron chi connectivity index (χ1n) is 3.45. The fourth-order valence-electron chi connectivity index (χ4n) is 1.06. The summed E-state index contributed by atoms with van der Waals surface area (Å²) in [5.41, 5.74) is 7.98. The van der Waals surface area contributed by atoms with Crippen LogP contribution >= 0.6 is 0 Å². The maximum atomic E-state index is 10.8. The van der Waals surface area contributed by atoms with Crippen molar-refractivity contribution >= 4 is 5.97 Å². The second-order valence-electron chi connectivity index (χ2n) is 2.61. The molecule has 1 aliphatic rings. The van der Waals surface area contributed by atoms with Crippen LogP contribution in [0.3, 0.4) is 0 Å². The second-order valence-corrected chi connectivity index (χ2v) is 2.61. The lowest BCUT2D eigenvalue weighted by Gasteiger charge is -2.01. The molecule has 60 valence electrons. The van der Waals surface area contributed by atoms with Gasteiger partial charge in [0.1, 0.15) is 6.10 Å². The highest BCUT2D eigenvalue weighted by Crippen LogP contribution is 2.20. The number of hydrogen-bond acceptors (Lipinski definition) is 3. The summed E-state index contributed by atoms with van der Waals surface area (Å²) >= 11 is 0. The molecule has 0 bridgehead atoms. The first-order chi connectivity index (χ1) is 5.24. The molecule has 0 unspecified atom stereocenters. The molecule has 5 heteroatoms.